The fraction of sp³-hybridized carbons (Fsp3) is 0.385. The summed E-state index contributed by atoms with van der Waals surface area (Å²) >= 11 is 6.06. The molecule has 0 bridgehead atoms. The molecule has 19 heavy (non-hydrogen) atoms. The van der Waals surface area contributed by atoms with Crippen molar-refractivity contribution in [3.8, 4) is 0 Å². The maximum atomic E-state index is 11.1. The molecule has 0 fully saturated rings. The van der Waals surface area contributed by atoms with E-state index in [0.717, 1.165) is 5.56 Å². The smallest absolute Gasteiger partial charge is 0.320 e. The first-order valence-electron chi connectivity index (χ1n) is 5.88. The zero-order valence-electron chi connectivity index (χ0n) is 10.9. The van der Waals surface area contributed by atoms with Gasteiger partial charge in [-0.1, -0.05) is 24.6 Å². The van der Waals surface area contributed by atoms with E-state index in [4.69, 9.17) is 22.4 Å². The van der Waals surface area contributed by atoms with E-state index in [1.807, 2.05) is 6.92 Å². The van der Waals surface area contributed by atoms with Crippen LogP contribution < -0.4 is 5.73 Å². The van der Waals surface area contributed by atoms with Gasteiger partial charge in [-0.25, -0.2) is 0 Å². The second kappa shape index (κ2) is 6.54. The Morgan fingerprint density at radius 1 is 1.47 bits per heavy atom. The van der Waals surface area contributed by atoms with E-state index < -0.39 is 17.9 Å². The quantitative estimate of drug-likeness (QED) is 0.833. The van der Waals surface area contributed by atoms with Crippen LogP contribution in [-0.2, 0) is 11.3 Å². The number of carbonyl (C=O) groups is 2. The van der Waals surface area contributed by atoms with E-state index in [2.05, 4.69) is 0 Å². The molecule has 0 aromatic heterocycles. The number of carbonyl (C=O) groups excluding carboxylic acids is 1. The van der Waals surface area contributed by atoms with Crippen LogP contribution in [-0.4, -0.2) is 35.0 Å². The monoisotopic (exact) mass is 284 g/mol. The first-order valence-corrected chi connectivity index (χ1v) is 6.25. The highest BCUT2D eigenvalue weighted by molar-refractivity contribution is 6.31. The summed E-state index contributed by atoms with van der Waals surface area (Å²) in [7, 11) is 1.72. The van der Waals surface area contributed by atoms with Crippen LogP contribution in [0.3, 0.4) is 0 Å². The predicted molar refractivity (Wildman–Crippen MR) is 73.2 cm³/mol. The van der Waals surface area contributed by atoms with Crippen molar-refractivity contribution in [1.82, 2.24) is 4.90 Å². The van der Waals surface area contributed by atoms with Crippen LogP contribution in [0.25, 0.3) is 0 Å². The number of aliphatic carboxylic acids is 1. The molecular formula is C13H17ClN2O3. The fourth-order valence-corrected chi connectivity index (χ4v) is 2.12. The van der Waals surface area contributed by atoms with Crippen LogP contribution in [0.5, 0.6) is 0 Å². The number of amides is 1. The number of nitrogens with zero attached hydrogens (tertiary/aromatic N) is 1. The maximum absolute atomic E-state index is 11.1. The molecule has 0 saturated carbocycles. The lowest BCUT2D eigenvalue weighted by molar-refractivity contribution is -0.143. The summed E-state index contributed by atoms with van der Waals surface area (Å²) in [6.07, 6.45) is 0.503. The molecule has 1 atom stereocenters. The molecule has 104 valence electrons. The highest BCUT2D eigenvalue weighted by Crippen LogP contribution is 2.20. The minimum atomic E-state index is -0.866. The van der Waals surface area contributed by atoms with Gasteiger partial charge in [0, 0.05) is 17.1 Å². The van der Waals surface area contributed by atoms with Gasteiger partial charge in [-0.3, -0.25) is 14.5 Å². The zero-order valence-corrected chi connectivity index (χ0v) is 11.6. The van der Waals surface area contributed by atoms with Gasteiger partial charge in [0.05, 0.1) is 0 Å². The van der Waals surface area contributed by atoms with Gasteiger partial charge in [0.15, 0.2) is 0 Å². The van der Waals surface area contributed by atoms with E-state index in [-0.39, 0.29) is 0 Å². The maximum Gasteiger partial charge on any atom is 0.320 e. The third kappa shape index (κ3) is 3.94. The Bertz CT molecular complexity index is 491. The van der Waals surface area contributed by atoms with E-state index in [1.165, 1.54) is 6.07 Å². The van der Waals surface area contributed by atoms with Gasteiger partial charge in [-0.05, 0) is 31.2 Å². The second-order valence-corrected chi connectivity index (χ2v) is 4.76. The van der Waals surface area contributed by atoms with Crippen molar-refractivity contribution in [3.05, 3.63) is 34.3 Å². The Kier molecular flexibility index (Phi) is 5.32. The highest BCUT2D eigenvalue weighted by atomic mass is 35.5. The van der Waals surface area contributed by atoms with Crippen LogP contribution >= 0.6 is 11.6 Å². The van der Waals surface area contributed by atoms with Crippen molar-refractivity contribution < 1.29 is 14.7 Å². The first-order chi connectivity index (χ1) is 8.86. The molecule has 0 heterocycles. The molecule has 3 N–H and O–H groups in total. The molecule has 1 aromatic carbocycles. The summed E-state index contributed by atoms with van der Waals surface area (Å²) in [5.74, 6) is -1.41. The fourth-order valence-electron chi connectivity index (χ4n) is 1.88. The van der Waals surface area contributed by atoms with Crippen LogP contribution in [0, 0.1) is 0 Å². The molecule has 0 aliphatic rings. The van der Waals surface area contributed by atoms with E-state index in [0.29, 0.717) is 23.6 Å². The van der Waals surface area contributed by atoms with Crippen LogP contribution in [0.4, 0.5) is 0 Å². The average molecular weight is 285 g/mol. The Hall–Kier alpha value is -1.59. The Morgan fingerprint density at radius 3 is 2.53 bits per heavy atom. The predicted octanol–water partition coefficient (Wildman–Crippen LogP) is 1.73. The Balaban J connectivity index is 2.88. The lowest BCUT2D eigenvalue weighted by Crippen LogP contribution is -2.37. The average Bonchev–Trinajstić information content (AvgIpc) is 2.31. The number of rotatable bonds is 6. The third-order valence-corrected chi connectivity index (χ3v) is 3.31. The third-order valence-electron chi connectivity index (χ3n) is 2.96. The van der Waals surface area contributed by atoms with Crippen molar-refractivity contribution in [2.75, 3.05) is 7.05 Å². The minimum absolute atomic E-state index is 0.335. The molecule has 0 spiro atoms. The summed E-state index contributed by atoms with van der Waals surface area (Å²) in [4.78, 5) is 23.8. The Labute approximate surface area is 117 Å². The molecule has 1 aromatic rings. The molecule has 1 amide bonds. The van der Waals surface area contributed by atoms with Crippen LogP contribution in [0.1, 0.15) is 29.3 Å². The number of carboxylic acids is 1. The minimum Gasteiger partial charge on any atom is -0.480 e. The van der Waals surface area contributed by atoms with Gasteiger partial charge in [0.2, 0.25) is 5.91 Å². The number of halogens is 1. The van der Waals surface area contributed by atoms with Crippen molar-refractivity contribution >= 4 is 23.5 Å². The van der Waals surface area contributed by atoms with Crippen molar-refractivity contribution in [1.29, 1.82) is 0 Å². The molecule has 0 aliphatic carbocycles. The van der Waals surface area contributed by atoms with Crippen molar-refractivity contribution in [3.63, 3.8) is 0 Å². The van der Waals surface area contributed by atoms with Gasteiger partial charge in [0.1, 0.15) is 6.04 Å². The second-order valence-electron chi connectivity index (χ2n) is 4.35. The number of hydrogen-bond acceptors (Lipinski definition) is 3. The topological polar surface area (TPSA) is 83.6 Å². The van der Waals surface area contributed by atoms with E-state index in [1.54, 1.807) is 24.1 Å². The van der Waals surface area contributed by atoms with Gasteiger partial charge in [0.25, 0.3) is 0 Å². The largest absolute Gasteiger partial charge is 0.480 e. The molecule has 0 aliphatic heterocycles. The van der Waals surface area contributed by atoms with Gasteiger partial charge >= 0.3 is 5.97 Å². The summed E-state index contributed by atoms with van der Waals surface area (Å²) in [5, 5.41) is 9.48. The number of benzene rings is 1. The first kappa shape index (κ1) is 15.5. The molecule has 6 heteroatoms. The summed E-state index contributed by atoms with van der Waals surface area (Å²) in [6, 6.07) is 4.20. The number of carboxylic acid groups (broad SMARTS) is 1. The molecule has 1 rings (SSSR count). The molecule has 1 unspecified atom stereocenters. The number of likely N-dealkylation sites (N-methyl/N-ethyl adjacent to an activating group) is 1. The molecular weight excluding hydrogens is 268 g/mol. The molecule has 0 radical (unpaired) electrons. The highest BCUT2D eigenvalue weighted by Gasteiger charge is 2.21. The standard InChI is InChI=1S/C13H17ClN2O3/c1-3-11(13(18)19)16(2)7-9-5-4-8(12(15)17)6-10(9)14/h4-6,11H,3,7H2,1-2H3,(H2,15,17)(H,18,19). The number of primary amides is 1. The summed E-state index contributed by atoms with van der Waals surface area (Å²) in [6.45, 7) is 2.20. The van der Waals surface area contributed by atoms with Crippen LogP contribution in [0.2, 0.25) is 5.02 Å². The lowest BCUT2D eigenvalue weighted by atomic mass is 10.1. The Morgan fingerprint density at radius 2 is 2.11 bits per heavy atom. The zero-order chi connectivity index (χ0) is 14.6. The van der Waals surface area contributed by atoms with E-state index >= 15 is 0 Å². The van der Waals surface area contributed by atoms with Crippen molar-refractivity contribution in [2.45, 2.75) is 25.9 Å². The molecule has 5 nitrogen and oxygen atoms in total. The summed E-state index contributed by atoms with van der Waals surface area (Å²) < 4.78 is 0. The number of nitrogens with two attached hydrogens (primary N) is 1. The van der Waals surface area contributed by atoms with E-state index in [9.17, 15) is 9.59 Å². The van der Waals surface area contributed by atoms with Gasteiger partial charge in [-0.15, -0.1) is 0 Å². The lowest BCUT2D eigenvalue weighted by Gasteiger charge is -2.24. The summed E-state index contributed by atoms with van der Waals surface area (Å²) in [5.41, 5.74) is 6.25. The van der Waals surface area contributed by atoms with Gasteiger partial charge in [-0.2, -0.15) is 0 Å². The number of hydrogen-bond donors (Lipinski definition) is 2. The normalized spacial score (nSPS) is 12.4. The van der Waals surface area contributed by atoms with Gasteiger partial charge < -0.3 is 10.8 Å². The SMILES string of the molecule is CCC(C(=O)O)N(C)Cc1ccc(C(N)=O)cc1Cl. The van der Waals surface area contributed by atoms with Crippen molar-refractivity contribution in [2.24, 2.45) is 5.73 Å². The molecule has 0 saturated heterocycles. The van der Waals surface area contributed by atoms with Crippen LogP contribution in [0.15, 0.2) is 18.2 Å².